The van der Waals surface area contributed by atoms with Crippen molar-refractivity contribution in [1.29, 1.82) is 0 Å². The number of nitrogens with one attached hydrogen (secondary N) is 1. The van der Waals surface area contributed by atoms with E-state index in [0.29, 0.717) is 17.8 Å². The number of hydrogen-bond donors (Lipinski definition) is 1. The van der Waals surface area contributed by atoms with Crippen molar-refractivity contribution in [3.05, 3.63) is 83.5 Å². The second-order valence-electron chi connectivity index (χ2n) is 11.8. The van der Waals surface area contributed by atoms with E-state index >= 15 is 0 Å². The molecular weight excluding hydrogens is 542 g/mol. The number of aliphatic imine (C=N–C) groups is 1. The topological polar surface area (TPSA) is 61.8 Å². The quantitative estimate of drug-likeness (QED) is 0.0885. The molecule has 0 aromatic heterocycles. The average molecular weight is 598 g/mol. The van der Waals surface area contributed by atoms with Gasteiger partial charge >= 0.3 is 0 Å². The standard InChI is InChI=1S/C39H55N3O2/c1-4-7-8-9-10-11-12-13-14-15-16-17-18-19-20-23-30-40-39(44)36-31-37(34-24-21-22-25-35(34)38(36)43)41-32-26-28-33(29-27-32)42(5-2)6-3/h13-14,21-22,24-29,31H,4-12,15-20,23,30H2,1-3H3,(H,40,44)/b14-13+,41-37+. The van der Waals surface area contributed by atoms with Gasteiger partial charge in [0.2, 0.25) is 0 Å². The molecule has 0 aliphatic heterocycles. The third-order valence-electron chi connectivity index (χ3n) is 8.42. The van der Waals surface area contributed by atoms with E-state index in [1.807, 2.05) is 30.3 Å². The van der Waals surface area contributed by atoms with Crippen LogP contribution in [0.1, 0.15) is 127 Å². The van der Waals surface area contributed by atoms with E-state index in [-0.39, 0.29) is 17.3 Å². The fraction of sp³-hybridized carbons (Fsp3) is 0.513. The second kappa shape index (κ2) is 20.5. The number of nitrogens with zero attached hydrogens (tertiary/aromatic N) is 2. The molecule has 2 aromatic carbocycles. The smallest absolute Gasteiger partial charge is 0.255 e. The molecule has 0 heterocycles. The SMILES string of the molecule is CCCCCCCC/C=C/CCCCCCCCNC(=O)C1=C/C(=N\c2ccc(N(CC)CC)cc2)c2ccccc2C1=O. The van der Waals surface area contributed by atoms with Gasteiger partial charge in [-0.05, 0) is 76.3 Å². The first-order chi connectivity index (χ1) is 21.6. The van der Waals surface area contributed by atoms with Gasteiger partial charge in [0.15, 0.2) is 5.78 Å². The Morgan fingerprint density at radius 2 is 1.30 bits per heavy atom. The molecule has 0 spiro atoms. The van der Waals surface area contributed by atoms with Crippen molar-refractivity contribution in [3.8, 4) is 0 Å². The Bertz CT molecular complexity index is 1240. The molecule has 238 valence electrons. The van der Waals surface area contributed by atoms with Crippen LogP contribution >= 0.6 is 0 Å². The Hall–Kier alpha value is -3.47. The van der Waals surface area contributed by atoms with E-state index in [2.05, 4.69) is 55.3 Å². The fourth-order valence-electron chi connectivity index (χ4n) is 5.73. The summed E-state index contributed by atoms with van der Waals surface area (Å²) in [7, 11) is 0. The van der Waals surface area contributed by atoms with E-state index < -0.39 is 0 Å². The van der Waals surface area contributed by atoms with Gasteiger partial charge in [-0.2, -0.15) is 0 Å². The molecule has 0 unspecified atom stereocenters. The second-order valence-corrected chi connectivity index (χ2v) is 11.8. The molecule has 1 N–H and O–H groups in total. The maximum absolute atomic E-state index is 13.2. The lowest BCUT2D eigenvalue weighted by Crippen LogP contribution is -2.32. The van der Waals surface area contributed by atoms with Crippen molar-refractivity contribution in [2.24, 2.45) is 4.99 Å². The highest BCUT2D eigenvalue weighted by molar-refractivity contribution is 6.35. The first kappa shape index (κ1) is 35.0. The van der Waals surface area contributed by atoms with Gasteiger partial charge in [-0.25, -0.2) is 4.99 Å². The lowest BCUT2D eigenvalue weighted by molar-refractivity contribution is -0.117. The molecule has 1 aliphatic carbocycles. The van der Waals surface area contributed by atoms with Crippen LogP contribution in [-0.4, -0.2) is 37.0 Å². The summed E-state index contributed by atoms with van der Waals surface area (Å²) in [5, 5.41) is 2.98. The summed E-state index contributed by atoms with van der Waals surface area (Å²) in [5.74, 6) is -0.559. The van der Waals surface area contributed by atoms with Crippen LogP contribution in [0.5, 0.6) is 0 Å². The minimum absolute atomic E-state index is 0.159. The van der Waals surface area contributed by atoms with Gasteiger partial charge in [0.05, 0.1) is 17.0 Å². The summed E-state index contributed by atoms with van der Waals surface area (Å²) in [4.78, 5) is 33.5. The van der Waals surface area contributed by atoms with E-state index in [1.165, 1.54) is 77.0 Å². The van der Waals surface area contributed by atoms with E-state index in [1.54, 1.807) is 12.1 Å². The van der Waals surface area contributed by atoms with Crippen molar-refractivity contribution in [2.45, 2.75) is 111 Å². The summed E-state index contributed by atoms with van der Waals surface area (Å²) < 4.78 is 0. The molecule has 44 heavy (non-hydrogen) atoms. The largest absolute Gasteiger partial charge is 0.372 e. The van der Waals surface area contributed by atoms with Gasteiger partial charge in [-0.15, -0.1) is 0 Å². The van der Waals surface area contributed by atoms with Crippen LogP contribution in [-0.2, 0) is 4.79 Å². The van der Waals surface area contributed by atoms with Crippen LogP contribution in [0.2, 0.25) is 0 Å². The fourth-order valence-corrected chi connectivity index (χ4v) is 5.73. The van der Waals surface area contributed by atoms with Crippen molar-refractivity contribution < 1.29 is 9.59 Å². The number of unbranched alkanes of at least 4 members (excludes halogenated alkanes) is 12. The number of Topliss-reactive ketones (excluding diaryl/α,β-unsaturated/α-hetero) is 1. The van der Waals surface area contributed by atoms with Crippen molar-refractivity contribution in [2.75, 3.05) is 24.5 Å². The maximum Gasteiger partial charge on any atom is 0.255 e. The molecule has 0 atom stereocenters. The zero-order valence-electron chi connectivity index (χ0n) is 27.6. The molecule has 0 fully saturated rings. The molecular formula is C39H55N3O2. The molecule has 0 radical (unpaired) electrons. The zero-order valence-corrected chi connectivity index (χ0v) is 27.6. The number of hydrogen-bond acceptors (Lipinski definition) is 4. The maximum atomic E-state index is 13.2. The summed E-state index contributed by atoms with van der Waals surface area (Å²) >= 11 is 0. The lowest BCUT2D eigenvalue weighted by atomic mass is 9.88. The molecule has 0 bridgehead atoms. The number of carbonyl (C=O) groups is 2. The van der Waals surface area contributed by atoms with Gasteiger partial charge in [0, 0.05) is 36.4 Å². The number of benzene rings is 2. The van der Waals surface area contributed by atoms with Gasteiger partial charge in [-0.1, -0.05) is 101 Å². The van der Waals surface area contributed by atoms with Crippen molar-refractivity contribution >= 4 is 28.8 Å². The van der Waals surface area contributed by atoms with Crippen LogP contribution in [0, 0.1) is 0 Å². The Balaban J connectivity index is 1.40. The highest BCUT2D eigenvalue weighted by atomic mass is 16.2. The molecule has 3 rings (SSSR count). The van der Waals surface area contributed by atoms with Gasteiger partial charge in [0.1, 0.15) is 0 Å². The molecule has 0 saturated heterocycles. The molecule has 5 nitrogen and oxygen atoms in total. The monoisotopic (exact) mass is 597 g/mol. The third-order valence-corrected chi connectivity index (χ3v) is 8.42. The van der Waals surface area contributed by atoms with Gasteiger partial charge in [-0.3, -0.25) is 9.59 Å². The predicted molar refractivity (Wildman–Crippen MR) is 188 cm³/mol. The number of allylic oxidation sites excluding steroid dienone is 3. The molecule has 2 aromatic rings. The van der Waals surface area contributed by atoms with E-state index in [4.69, 9.17) is 4.99 Å². The Morgan fingerprint density at radius 3 is 1.91 bits per heavy atom. The summed E-state index contributed by atoms with van der Waals surface area (Å²) in [6.45, 7) is 9.01. The van der Waals surface area contributed by atoms with Crippen LogP contribution in [0.4, 0.5) is 11.4 Å². The normalized spacial score (nSPS) is 13.8. The first-order valence-electron chi connectivity index (χ1n) is 17.3. The van der Waals surface area contributed by atoms with Crippen LogP contribution in [0.25, 0.3) is 0 Å². The Kier molecular flexibility index (Phi) is 16.3. The lowest BCUT2D eigenvalue weighted by Gasteiger charge is -2.21. The zero-order chi connectivity index (χ0) is 31.4. The van der Waals surface area contributed by atoms with Crippen molar-refractivity contribution in [3.63, 3.8) is 0 Å². The highest BCUT2D eigenvalue weighted by Crippen LogP contribution is 2.26. The van der Waals surface area contributed by atoms with Crippen LogP contribution in [0.3, 0.4) is 0 Å². The summed E-state index contributed by atoms with van der Waals surface area (Å²) in [6.07, 6.45) is 23.9. The number of ketones is 1. The van der Waals surface area contributed by atoms with E-state index in [9.17, 15) is 9.59 Å². The number of fused-ring (bicyclic) bond motifs is 1. The third kappa shape index (κ3) is 11.6. The Labute approximate surface area is 266 Å². The average Bonchev–Trinajstić information content (AvgIpc) is 3.05. The molecule has 5 heteroatoms. The van der Waals surface area contributed by atoms with Crippen molar-refractivity contribution in [1.82, 2.24) is 5.32 Å². The number of anilines is 1. The number of amides is 1. The predicted octanol–water partition coefficient (Wildman–Crippen LogP) is 9.93. The minimum atomic E-state index is -0.318. The van der Waals surface area contributed by atoms with Crippen LogP contribution in [0.15, 0.2) is 77.3 Å². The molecule has 1 amide bonds. The van der Waals surface area contributed by atoms with Crippen LogP contribution < -0.4 is 10.2 Å². The number of rotatable bonds is 21. The summed E-state index contributed by atoms with van der Waals surface area (Å²) in [5.41, 5.74) is 4.02. The Morgan fingerprint density at radius 1 is 0.727 bits per heavy atom. The first-order valence-corrected chi connectivity index (χ1v) is 17.3. The van der Waals surface area contributed by atoms with Gasteiger partial charge < -0.3 is 10.2 Å². The molecule has 0 saturated carbocycles. The number of carbonyl (C=O) groups excluding carboxylic acids is 2. The molecule has 1 aliphatic rings. The minimum Gasteiger partial charge on any atom is -0.372 e. The van der Waals surface area contributed by atoms with E-state index in [0.717, 1.165) is 42.9 Å². The van der Waals surface area contributed by atoms with Gasteiger partial charge in [0.25, 0.3) is 5.91 Å². The highest BCUT2D eigenvalue weighted by Gasteiger charge is 2.28. The summed E-state index contributed by atoms with van der Waals surface area (Å²) in [6, 6.07) is 15.5.